The van der Waals surface area contributed by atoms with Crippen LogP contribution in [-0.4, -0.2) is 35.2 Å². The van der Waals surface area contributed by atoms with E-state index < -0.39 is 0 Å². The first kappa shape index (κ1) is 13.6. The Hall–Kier alpha value is -1.37. The molecule has 0 aromatic carbocycles. The van der Waals surface area contributed by atoms with Crippen LogP contribution in [-0.2, 0) is 9.53 Å². The fourth-order valence-corrected chi connectivity index (χ4v) is 4.00. The maximum absolute atomic E-state index is 12.3. The van der Waals surface area contributed by atoms with Crippen LogP contribution in [0.2, 0.25) is 0 Å². The summed E-state index contributed by atoms with van der Waals surface area (Å²) in [4.78, 5) is 24.2. The van der Waals surface area contributed by atoms with E-state index in [2.05, 4.69) is 31.4 Å². The van der Waals surface area contributed by atoms with Crippen molar-refractivity contribution in [3.8, 4) is 0 Å². The molecule has 2 bridgehead atoms. The Balaban J connectivity index is 1.77. The second kappa shape index (κ2) is 5.20. The van der Waals surface area contributed by atoms with Crippen LogP contribution in [0.25, 0.3) is 0 Å². The average molecular weight is 342 g/mol. The van der Waals surface area contributed by atoms with Gasteiger partial charge in [-0.25, -0.2) is 0 Å². The molecule has 2 aliphatic rings. The highest BCUT2D eigenvalue weighted by Crippen LogP contribution is 2.49. The summed E-state index contributed by atoms with van der Waals surface area (Å²) in [7, 11) is 1.40. The highest BCUT2D eigenvalue weighted by molar-refractivity contribution is 9.10. The highest BCUT2D eigenvalue weighted by Gasteiger charge is 2.52. The third-order valence-electron chi connectivity index (χ3n) is 4.51. The minimum Gasteiger partial charge on any atom is -0.469 e. The van der Waals surface area contributed by atoms with Crippen LogP contribution in [0.3, 0.4) is 0 Å². The molecular weight excluding hydrogens is 326 g/mol. The van der Waals surface area contributed by atoms with Gasteiger partial charge in [0.1, 0.15) is 5.69 Å². The Morgan fingerprint density at radius 3 is 2.85 bits per heavy atom. The van der Waals surface area contributed by atoms with Crippen molar-refractivity contribution < 1.29 is 14.3 Å². The highest BCUT2D eigenvalue weighted by atomic mass is 79.9. The molecule has 2 aliphatic carbocycles. The Kier molecular flexibility index (Phi) is 3.54. The number of hydrogen-bond donors (Lipinski definition) is 2. The molecule has 4 atom stereocenters. The molecule has 1 heterocycles. The summed E-state index contributed by atoms with van der Waals surface area (Å²) in [6.07, 6.45) is 4.64. The minimum atomic E-state index is -0.235. The monoisotopic (exact) mass is 341 g/mol. The van der Waals surface area contributed by atoms with Gasteiger partial charge in [0.15, 0.2) is 0 Å². The van der Waals surface area contributed by atoms with Gasteiger partial charge in [0.25, 0.3) is 5.91 Å². The van der Waals surface area contributed by atoms with E-state index in [-0.39, 0.29) is 23.8 Å². The van der Waals surface area contributed by atoms with Crippen molar-refractivity contribution >= 4 is 27.8 Å². The SMILES string of the molecule is COC(=O)[C@H]1[C@H]2CC[C@@H](C2)[C@H]1NC(=O)c1[nH]ncc1Br. The first-order chi connectivity index (χ1) is 9.61. The number of carbonyl (C=O) groups excluding carboxylic acids is 2. The van der Waals surface area contributed by atoms with Gasteiger partial charge in [-0.1, -0.05) is 0 Å². The predicted octanol–water partition coefficient (Wildman–Crippen LogP) is 1.49. The van der Waals surface area contributed by atoms with Crippen LogP contribution >= 0.6 is 15.9 Å². The van der Waals surface area contributed by atoms with Gasteiger partial charge in [-0.2, -0.15) is 5.10 Å². The molecule has 2 saturated carbocycles. The van der Waals surface area contributed by atoms with Crippen molar-refractivity contribution in [2.45, 2.75) is 25.3 Å². The zero-order valence-corrected chi connectivity index (χ0v) is 12.6. The van der Waals surface area contributed by atoms with E-state index in [9.17, 15) is 9.59 Å². The normalized spacial score (nSPS) is 31.3. The number of methoxy groups -OCH3 is 1. The third kappa shape index (κ3) is 2.13. The fraction of sp³-hybridized carbons (Fsp3) is 0.615. The lowest BCUT2D eigenvalue weighted by Crippen LogP contribution is -2.47. The lowest BCUT2D eigenvalue weighted by Gasteiger charge is -2.29. The average Bonchev–Trinajstić information content (AvgIpc) is 3.13. The lowest BCUT2D eigenvalue weighted by atomic mass is 9.84. The second-order valence-corrected chi connectivity index (χ2v) is 6.33. The second-order valence-electron chi connectivity index (χ2n) is 5.47. The number of esters is 1. The van der Waals surface area contributed by atoms with Crippen LogP contribution < -0.4 is 5.32 Å². The number of halogens is 1. The maximum Gasteiger partial charge on any atom is 0.311 e. The van der Waals surface area contributed by atoms with Crippen molar-refractivity contribution in [1.29, 1.82) is 0 Å². The molecule has 0 saturated heterocycles. The van der Waals surface area contributed by atoms with Crippen molar-refractivity contribution in [3.63, 3.8) is 0 Å². The molecule has 1 aromatic heterocycles. The summed E-state index contributed by atoms with van der Waals surface area (Å²) in [6, 6.07) is -0.135. The van der Waals surface area contributed by atoms with Crippen LogP contribution in [0.4, 0.5) is 0 Å². The van der Waals surface area contributed by atoms with Crippen LogP contribution in [0.5, 0.6) is 0 Å². The molecule has 2 N–H and O–H groups in total. The molecule has 0 spiro atoms. The van der Waals surface area contributed by atoms with E-state index in [4.69, 9.17) is 4.74 Å². The van der Waals surface area contributed by atoms with Gasteiger partial charge in [-0.15, -0.1) is 0 Å². The Bertz CT molecular complexity index is 545. The van der Waals surface area contributed by atoms with Gasteiger partial charge in [0, 0.05) is 6.04 Å². The number of ether oxygens (including phenoxy) is 1. The van der Waals surface area contributed by atoms with E-state index in [1.807, 2.05) is 0 Å². The van der Waals surface area contributed by atoms with E-state index >= 15 is 0 Å². The molecular formula is C13H16BrN3O3. The molecule has 108 valence electrons. The molecule has 0 radical (unpaired) electrons. The first-order valence-corrected chi connectivity index (χ1v) is 7.48. The fourth-order valence-electron chi connectivity index (χ4n) is 3.63. The van der Waals surface area contributed by atoms with Gasteiger partial charge < -0.3 is 10.1 Å². The van der Waals surface area contributed by atoms with E-state index in [1.54, 1.807) is 0 Å². The number of hydrogen-bond acceptors (Lipinski definition) is 4. The van der Waals surface area contributed by atoms with Gasteiger partial charge in [0.05, 0.1) is 23.7 Å². The van der Waals surface area contributed by atoms with Gasteiger partial charge >= 0.3 is 5.97 Å². The summed E-state index contributed by atoms with van der Waals surface area (Å²) in [5.41, 5.74) is 0.386. The number of H-pyrrole nitrogens is 1. The number of aromatic amines is 1. The molecule has 3 rings (SSSR count). The zero-order valence-electron chi connectivity index (χ0n) is 11.1. The molecule has 6 nitrogen and oxygen atoms in total. The quantitative estimate of drug-likeness (QED) is 0.816. The molecule has 2 fully saturated rings. The number of nitrogens with one attached hydrogen (secondary N) is 2. The smallest absolute Gasteiger partial charge is 0.311 e. The number of nitrogens with zero attached hydrogens (tertiary/aromatic N) is 1. The molecule has 7 heteroatoms. The van der Waals surface area contributed by atoms with Crippen molar-refractivity contribution in [3.05, 3.63) is 16.4 Å². The van der Waals surface area contributed by atoms with Crippen LogP contribution in [0.1, 0.15) is 29.8 Å². The number of rotatable bonds is 3. The van der Waals surface area contributed by atoms with Crippen LogP contribution in [0.15, 0.2) is 10.7 Å². The number of fused-ring (bicyclic) bond motifs is 2. The van der Waals surface area contributed by atoms with Crippen LogP contribution in [0, 0.1) is 17.8 Å². The molecule has 1 amide bonds. The van der Waals surface area contributed by atoms with Crippen molar-refractivity contribution in [2.75, 3.05) is 7.11 Å². The van der Waals surface area contributed by atoms with E-state index in [0.717, 1.165) is 19.3 Å². The third-order valence-corrected chi connectivity index (χ3v) is 5.11. The Morgan fingerprint density at radius 1 is 1.45 bits per heavy atom. The van der Waals surface area contributed by atoms with Gasteiger partial charge in [-0.05, 0) is 47.0 Å². The number of carbonyl (C=O) groups is 2. The van der Waals surface area contributed by atoms with Crippen molar-refractivity contribution in [1.82, 2.24) is 15.5 Å². The first-order valence-electron chi connectivity index (χ1n) is 6.69. The molecule has 1 aromatic rings. The zero-order chi connectivity index (χ0) is 14.3. The maximum atomic E-state index is 12.3. The summed E-state index contributed by atoms with van der Waals surface area (Å²) < 4.78 is 5.51. The number of amides is 1. The van der Waals surface area contributed by atoms with Crippen molar-refractivity contribution in [2.24, 2.45) is 17.8 Å². The van der Waals surface area contributed by atoms with E-state index in [1.165, 1.54) is 13.3 Å². The van der Waals surface area contributed by atoms with E-state index in [0.29, 0.717) is 22.0 Å². The Labute approximate surface area is 124 Å². The Morgan fingerprint density at radius 2 is 2.20 bits per heavy atom. The molecule has 0 unspecified atom stereocenters. The summed E-state index contributed by atoms with van der Waals surface area (Å²) in [5.74, 6) is 0.0362. The number of aromatic nitrogens is 2. The topological polar surface area (TPSA) is 84.1 Å². The lowest BCUT2D eigenvalue weighted by molar-refractivity contribution is -0.148. The minimum absolute atomic E-state index is 0.135. The summed E-state index contributed by atoms with van der Waals surface area (Å²) >= 11 is 3.27. The molecule has 0 aliphatic heterocycles. The summed E-state index contributed by atoms with van der Waals surface area (Å²) in [6.45, 7) is 0. The standard InChI is InChI=1S/C13H16BrN3O3/c1-20-13(19)9-6-2-3-7(4-6)10(9)16-12(18)11-8(14)5-15-17-11/h5-7,9-10H,2-4H2,1H3,(H,15,17)(H,16,18)/t6-,7-,9-,10+/m0/s1. The summed E-state index contributed by atoms with van der Waals surface area (Å²) in [5, 5.41) is 9.45. The largest absolute Gasteiger partial charge is 0.469 e. The predicted molar refractivity (Wildman–Crippen MR) is 73.9 cm³/mol. The van der Waals surface area contributed by atoms with Gasteiger partial charge in [0.2, 0.25) is 0 Å². The van der Waals surface area contributed by atoms with Gasteiger partial charge in [-0.3, -0.25) is 14.7 Å². The molecule has 20 heavy (non-hydrogen) atoms.